The van der Waals surface area contributed by atoms with E-state index < -0.39 is 0 Å². The van der Waals surface area contributed by atoms with Gasteiger partial charge in [0.2, 0.25) is 0 Å². The number of aliphatic hydroxyl groups is 1. The molecule has 1 N–H and O–H groups in total. The van der Waals surface area contributed by atoms with Crippen LogP contribution in [-0.2, 0) is 12.8 Å². The lowest BCUT2D eigenvalue weighted by atomic mass is 10.1. The number of rotatable bonds is 8. The Morgan fingerprint density at radius 2 is 1.76 bits per heavy atom. The van der Waals surface area contributed by atoms with E-state index in [1.807, 2.05) is 24.3 Å². The standard InChI is InChI=1S/C18H21ClO2/c19-17-10-11-18(16(14-17)9-4-12-20)21-13-5-8-15-6-2-1-3-7-15/h1-3,6-7,10-11,14,20H,4-5,8-9,12-13H2. The summed E-state index contributed by atoms with van der Waals surface area (Å²) in [6.45, 7) is 0.864. The quantitative estimate of drug-likeness (QED) is 0.738. The Hall–Kier alpha value is -1.51. The van der Waals surface area contributed by atoms with Gasteiger partial charge in [0.05, 0.1) is 6.61 Å². The van der Waals surface area contributed by atoms with Crippen LogP contribution in [-0.4, -0.2) is 18.3 Å². The third kappa shape index (κ3) is 5.41. The van der Waals surface area contributed by atoms with Crippen LogP contribution in [0, 0.1) is 0 Å². The van der Waals surface area contributed by atoms with Crippen molar-refractivity contribution in [1.29, 1.82) is 0 Å². The highest BCUT2D eigenvalue weighted by atomic mass is 35.5. The molecule has 0 spiro atoms. The van der Waals surface area contributed by atoms with Gasteiger partial charge < -0.3 is 9.84 Å². The molecule has 112 valence electrons. The summed E-state index contributed by atoms with van der Waals surface area (Å²) in [5.41, 5.74) is 2.40. The molecule has 0 aromatic heterocycles. The maximum Gasteiger partial charge on any atom is 0.122 e. The SMILES string of the molecule is OCCCc1cc(Cl)ccc1OCCCc1ccccc1. The van der Waals surface area contributed by atoms with E-state index in [0.29, 0.717) is 11.6 Å². The molecule has 0 heterocycles. The molecule has 3 heteroatoms. The van der Waals surface area contributed by atoms with Crippen molar-refractivity contribution in [2.75, 3.05) is 13.2 Å². The van der Waals surface area contributed by atoms with Crippen LogP contribution >= 0.6 is 11.6 Å². The van der Waals surface area contributed by atoms with Crippen LogP contribution in [0.25, 0.3) is 0 Å². The summed E-state index contributed by atoms with van der Waals surface area (Å²) in [6, 6.07) is 16.1. The summed E-state index contributed by atoms with van der Waals surface area (Å²) in [6.07, 6.45) is 3.50. The lowest BCUT2D eigenvalue weighted by Gasteiger charge is -2.12. The number of hydrogen-bond donors (Lipinski definition) is 1. The molecule has 0 aliphatic rings. The summed E-state index contributed by atoms with van der Waals surface area (Å²) in [5, 5.41) is 9.66. The van der Waals surface area contributed by atoms with E-state index >= 15 is 0 Å². The third-order valence-electron chi connectivity index (χ3n) is 3.34. The van der Waals surface area contributed by atoms with Crippen molar-refractivity contribution in [3.63, 3.8) is 0 Å². The molecule has 0 radical (unpaired) electrons. The fourth-order valence-corrected chi connectivity index (χ4v) is 2.45. The number of aliphatic hydroxyl groups excluding tert-OH is 1. The van der Waals surface area contributed by atoms with Crippen LogP contribution in [0.1, 0.15) is 24.0 Å². The van der Waals surface area contributed by atoms with Crippen LogP contribution in [0.5, 0.6) is 5.75 Å². The molecule has 0 fully saturated rings. The first-order chi connectivity index (χ1) is 10.3. The number of hydrogen-bond acceptors (Lipinski definition) is 2. The molecular formula is C18H21ClO2. The van der Waals surface area contributed by atoms with Gasteiger partial charge in [-0.3, -0.25) is 0 Å². The van der Waals surface area contributed by atoms with Crippen molar-refractivity contribution in [3.05, 3.63) is 64.7 Å². The fourth-order valence-electron chi connectivity index (χ4n) is 2.26. The molecule has 2 nitrogen and oxygen atoms in total. The average molecular weight is 305 g/mol. The van der Waals surface area contributed by atoms with Crippen LogP contribution < -0.4 is 4.74 Å². The molecular weight excluding hydrogens is 284 g/mol. The normalized spacial score (nSPS) is 10.6. The van der Waals surface area contributed by atoms with Crippen molar-refractivity contribution in [2.24, 2.45) is 0 Å². The second-order valence-corrected chi connectivity index (χ2v) is 5.45. The van der Waals surface area contributed by atoms with Gasteiger partial charge >= 0.3 is 0 Å². The van der Waals surface area contributed by atoms with Gasteiger partial charge in [0.25, 0.3) is 0 Å². The summed E-state index contributed by atoms with van der Waals surface area (Å²) < 4.78 is 5.87. The largest absolute Gasteiger partial charge is 0.493 e. The van der Waals surface area contributed by atoms with Crippen molar-refractivity contribution in [1.82, 2.24) is 0 Å². The molecule has 0 bridgehead atoms. The number of aryl methyl sites for hydroxylation is 2. The average Bonchev–Trinajstić information content (AvgIpc) is 2.52. The van der Waals surface area contributed by atoms with Crippen LogP contribution in [0.2, 0.25) is 5.02 Å². The highest BCUT2D eigenvalue weighted by Gasteiger charge is 2.05. The van der Waals surface area contributed by atoms with Gasteiger partial charge in [-0.25, -0.2) is 0 Å². The Morgan fingerprint density at radius 1 is 0.952 bits per heavy atom. The van der Waals surface area contributed by atoms with Gasteiger partial charge in [0.1, 0.15) is 5.75 Å². The summed E-state index contributed by atoms with van der Waals surface area (Å²) >= 11 is 6.02. The second-order valence-electron chi connectivity index (χ2n) is 5.02. The highest BCUT2D eigenvalue weighted by Crippen LogP contribution is 2.24. The molecule has 0 saturated heterocycles. The van der Waals surface area contributed by atoms with Crippen LogP contribution in [0.15, 0.2) is 48.5 Å². The van der Waals surface area contributed by atoms with Gasteiger partial charge in [-0.15, -0.1) is 0 Å². The Balaban J connectivity index is 1.84. The molecule has 2 aromatic carbocycles. The van der Waals surface area contributed by atoms with E-state index in [1.165, 1.54) is 5.56 Å². The van der Waals surface area contributed by atoms with Crippen molar-refractivity contribution < 1.29 is 9.84 Å². The topological polar surface area (TPSA) is 29.5 Å². The van der Waals surface area contributed by atoms with E-state index in [2.05, 4.69) is 24.3 Å². The van der Waals surface area contributed by atoms with Gasteiger partial charge in [-0.1, -0.05) is 41.9 Å². The maximum atomic E-state index is 8.95. The van der Waals surface area contributed by atoms with Crippen LogP contribution in [0.3, 0.4) is 0 Å². The molecule has 21 heavy (non-hydrogen) atoms. The minimum atomic E-state index is 0.181. The zero-order valence-electron chi connectivity index (χ0n) is 12.1. The maximum absolute atomic E-state index is 8.95. The summed E-state index contributed by atoms with van der Waals surface area (Å²) in [4.78, 5) is 0. The fraction of sp³-hybridized carbons (Fsp3) is 0.333. The lowest BCUT2D eigenvalue weighted by Crippen LogP contribution is -2.02. The van der Waals surface area contributed by atoms with Gasteiger partial charge in [0, 0.05) is 11.6 Å². The van der Waals surface area contributed by atoms with E-state index in [9.17, 15) is 0 Å². The zero-order valence-corrected chi connectivity index (χ0v) is 12.9. The Morgan fingerprint density at radius 3 is 2.52 bits per heavy atom. The summed E-state index contributed by atoms with van der Waals surface area (Å²) in [5.74, 6) is 0.876. The second kappa shape index (κ2) is 8.71. The molecule has 0 unspecified atom stereocenters. The zero-order chi connectivity index (χ0) is 14.9. The monoisotopic (exact) mass is 304 g/mol. The molecule has 2 rings (SSSR count). The first kappa shape index (κ1) is 15.9. The molecule has 0 saturated carbocycles. The number of benzene rings is 2. The van der Waals surface area contributed by atoms with E-state index in [0.717, 1.165) is 37.0 Å². The molecule has 0 atom stereocenters. The third-order valence-corrected chi connectivity index (χ3v) is 3.57. The Labute approximate surface area is 131 Å². The smallest absolute Gasteiger partial charge is 0.122 e. The van der Waals surface area contributed by atoms with Crippen molar-refractivity contribution in [3.8, 4) is 5.75 Å². The van der Waals surface area contributed by atoms with Crippen molar-refractivity contribution in [2.45, 2.75) is 25.7 Å². The van der Waals surface area contributed by atoms with Gasteiger partial charge in [-0.2, -0.15) is 0 Å². The first-order valence-corrected chi connectivity index (χ1v) is 7.73. The van der Waals surface area contributed by atoms with E-state index in [4.69, 9.17) is 21.4 Å². The number of ether oxygens (including phenoxy) is 1. The molecule has 0 aliphatic carbocycles. The minimum Gasteiger partial charge on any atom is -0.493 e. The van der Waals surface area contributed by atoms with E-state index in [1.54, 1.807) is 0 Å². The molecule has 0 amide bonds. The summed E-state index contributed by atoms with van der Waals surface area (Å²) in [7, 11) is 0. The van der Waals surface area contributed by atoms with E-state index in [-0.39, 0.29) is 6.61 Å². The van der Waals surface area contributed by atoms with Gasteiger partial charge in [0.15, 0.2) is 0 Å². The lowest BCUT2D eigenvalue weighted by molar-refractivity contribution is 0.284. The first-order valence-electron chi connectivity index (χ1n) is 7.35. The highest BCUT2D eigenvalue weighted by molar-refractivity contribution is 6.30. The predicted octanol–water partition coefficient (Wildman–Crippen LogP) is 4.28. The van der Waals surface area contributed by atoms with Crippen LogP contribution in [0.4, 0.5) is 0 Å². The molecule has 2 aromatic rings. The minimum absolute atomic E-state index is 0.181. The van der Waals surface area contributed by atoms with Crippen molar-refractivity contribution >= 4 is 11.6 Å². The number of halogens is 1. The Kier molecular flexibility index (Phi) is 6.58. The van der Waals surface area contributed by atoms with Gasteiger partial charge in [-0.05, 0) is 55.0 Å². The molecule has 0 aliphatic heterocycles. The Bertz CT molecular complexity index is 540. The predicted molar refractivity (Wildman–Crippen MR) is 87.1 cm³/mol.